The van der Waals surface area contributed by atoms with E-state index in [9.17, 15) is 10.1 Å². The van der Waals surface area contributed by atoms with Crippen molar-refractivity contribution in [3.8, 4) is 17.7 Å². The van der Waals surface area contributed by atoms with E-state index in [1.165, 1.54) is 7.11 Å². The first-order valence-corrected chi connectivity index (χ1v) is 9.93. The van der Waals surface area contributed by atoms with Gasteiger partial charge in [0.2, 0.25) is 5.88 Å². The standard InChI is InChI=1S/C22H26ClN3O4/c1-22(2,3)30-21(27)26-12-6-8-18(17-7-5-11-25-20(17)28-4)29-19-13-16(23)10-9-15(19)14-24/h5,7,9-11,13,18H,6,8,12H2,1-4H3,(H,26,27). The molecule has 1 atom stereocenters. The van der Waals surface area contributed by atoms with Crippen molar-refractivity contribution in [2.75, 3.05) is 13.7 Å². The quantitative estimate of drug-likeness (QED) is 0.588. The molecule has 0 fully saturated rings. The zero-order chi connectivity index (χ0) is 22.1. The molecule has 7 nitrogen and oxygen atoms in total. The summed E-state index contributed by atoms with van der Waals surface area (Å²) in [7, 11) is 1.53. The lowest BCUT2D eigenvalue weighted by Crippen LogP contribution is -2.33. The van der Waals surface area contributed by atoms with Gasteiger partial charge in [0.25, 0.3) is 0 Å². The van der Waals surface area contributed by atoms with E-state index in [1.54, 1.807) is 30.5 Å². The van der Waals surface area contributed by atoms with E-state index in [0.717, 1.165) is 5.56 Å². The molecule has 1 amide bonds. The molecule has 0 spiro atoms. The lowest BCUT2D eigenvalue weighted by molar-refractivity contribution is 0.0524. The summed E-state index contributed by atoms with van der Waals surface area (Å²) in [5.74, 6) is 0.809. The fraction of sp³-hybridized carbons (Fsp3) is 0.409. The number of alkyl carbamates (subject to hydrolysis) is 1. The van der Waals surface area contributed by atoms with Crippen LogP contribution in [0.1, 0.15) is 50.8 Å². The third-order valence-corrected chi connectivity index (χ3v) is 4.22. The molecule has 0 aliphatic rings. The summed E-state index contributed by atoms with van der Waals surface area (Å²) in [6.45, 7) is 5.83. The highest BCUT2D eigenvalue weighted by Crippen LogP contribution is 2.33. The van der Waals surface area contributed by atoms with Crippen molar-refractivity contribution in [2.24, 2.45) is 0 Å². The number of methoxy groups -OCH3 is 1. The maximum absolute atomic E-state index is 11.8. The predicted octanol–water partition coefficient (Wildman–Crippen LogP) is 5.04. The van der Waals surface area contributed by atoms with Crippen LogP contribution in [0.3, 0.4) is 0 Å². The number of hydrogen-bond acceptors (Lipinski definition) is 6. The molecular formula is C22H26ClN3O4. The third-order valence-electron chi connectivity index (χ3n) is 3.99. The first kappa shape index (κ1) is 23.3. The molecule has 0 aliphatic heterocycles. The van der Waals surface area contributed by atoms with Crippen molar-refractivity contribution in [1.82, 2.24) is 10.3 Å². The van der Waals surface area contributed by atoms with Crippen LogP contribution in [0.15, 0.2) is 36.5 Å². The number of halogens is 1. The van der Waals surface area contributed by atoms with Crippen molar-refractivity contribution in [3.63, 3.8) is 0 Å². The molecule has 0 saturated carbocycles. The average Bonchev–Trinajstić information content (AvgIpc) is 2.69. The molecule has 1 heterocycles. The predicted molar refractivity (Wildman–Crippen MR) is 114 cm³/mol. The summed E-state index contributed by atoms with van der Waals surface area (Å²) >= 11 is 6.09. The van der Waals surface area contributed by atoms with Gasteiger partial charge in [0.15, 0.2) is 0 Å². The van der Waals surface area contributed by atoms with E-state index in [2.05, 4.69) is 16.4 Å². The van der Waals surface area contributed by atoms with Gasteiger partial charge in [0.05, 0.1) is 18.2 Å². The number of nitrogens with zero attached hydrogens (tertiary/aromatic N) is 2. The summed E-state index contributed by atoms with van der Waals surface area (Å²) < 4.78 is 16.8. The molecule has 30 heavy (non-hydrogen) atoms. The average molecular weight is 432 g/mol. The number of amides is 1. The Bertz CT molecular complexity index is 906. The van der Waals surface area contributed by atoms with Crippen LogP contribution in [0.5, 0.6) is 11.6 Å². The fourth-order valence-corrected chi connectivity index (χ4v) is 2.89. The summed E-state index contributed by atoms with van der Waals surface area (Å²) in [6, 6.07) is 10.6. The summed E-state index contributed by atoms with van der Waals surface area (Å²) in [5, 5.41) is 12.6. The maximum Gasteiger partial charge on any atom is 0.407 e. The number of nitrogens with one attached hydrogen (secondary N) is 1. The number of benzene rings is 1. The van der Waals surface area contributed by atoms with Crippen LogP contribution in [-0.2, 0) is 4.74 Å². The molecule has 8 heteroatoms. The fourth-order valence-electron chi connectivity index (χ4n) is 2.73. The van der Waals surface area contributed by atoms with Crippen LogP contribution in [-0.4, -0.2) is 30.3 Å². The first-order valence-electron chi connectivity index (χ1n) is 9.55. The number of nitriles is 1. The van der Waals surface area contributed by atoms with Gasteiger partial charge in [-0.3, -0.25) is 0 Å². The Morgan fingerprint density at radius 3 is 2.77 bits per heavy atom. The van der Waals surface area contributed by atoms with E-state index < -0.39 is 17.8 Å². The monoisotopic (exact) mass is 431 g/mol. The Morgan fingerprint density at radius 1 is 1.33 bits per heavy atom. The van der Waals surface area contributed by atoms with E-state index >= 15 is 0 Å². The molecule has 1 aromatic heterocycles. The molecule has 2 rings (SSSR count). The minimum Gasteiger partial charge on any atom is -0.484 e. The van der Waals surface area contributed by atoms with Gasteiger partial charge in [-0.25, -0.2) is 9.78 Å². The van der Waals surface area contributed by atoms with Crippen molar-refractivity contribution in [2.45, 2.75) is 45.3 Å². The molecule has 0 bridgehead atoms. The van der Waals surface area contributed by atoms with Gasteiger partial charge in [0.1, 0.15) is 23.5 Å². The highest BCUT2D eigenvalue weighted by molar-refractivity contribution is 6.30. The lowest BCUT2D eigenvalue weighted by atomic mass is 10.1. The van der Waals surface area contributed by atoms with Crippen molar-refractivity contribution >= 4 is 17.7 Å². The number of ether oxygens (including phenoxy) is 3. The molecule has 1 aromatic carbocycles. The Hall–Kier alpha value is -2.98. The minimum absolute atomic E-state index is 0.374. The molecule has 0 radical (unpaired) electrons. The topological polar surface area (TPSA) is 93.5 Å². The SMILES string of the molecule is COc1ncccc1C(CCCNC(=O)OC(C)(C)C)Oc1cc(Cl)ccc1C#N. The van der Waals surface area contributed by atoms with Gasteiger partial charge in [-0.1, -0.05) is 11.6 Å². The van der Waals surface area contributed by atoms with Crippen molar-refractivity contribution in [1.29, 1.82) is 5.26 Å². The zero-order valence-corrected chi connectivity index (χ0v) is 18.3. The minimum atomic E-state index is -0.556. The molecule has 0 saturated heterocycles. The summed E-state index contributed by atoms with van der Waals surface area (Å²) in [6.07, 6.45) is 1.84. The Labute approximate surface area is 181 Å². The first-order chi connectivity index (χ1) is 14.2. The smallest absolute Gasteiger partial charge is 0.407 e. The van der Waals surface area contributed by atoms with E-state index in [0.29, 0.717) is 41.6 Å². The number of carbonyl (C=O) groups excluding carboxylic acids is 1. The van der Waals surface area contributed by atoms with Crippen LogP contribution in [0, 0.1) is 11.3 Å². The van der Waals surface area contributed by atoms with Crippen molar-refractivity contribution < 1.29 is 19.0 Å². The third kappa shape index (κ3) is 7.12. The molecule has 2 aromatic rings. The Kier molecular flexibility index (Phi) is 8.31. The Balaban J connectivity index is 2.14. The summed E-state index contributed by atoms with van der Waals surface area (Å²) in [5.41, 5.74) is 0.555. The second kappa shape index (κ2) is 10.7. The molecule has 1 unspecified atom stereocenters. The second-order valence-electron chi connectivity index (χ2n) is 7.53. The van der Waals surface area contributed by atoms with E-state index in [1.807, 2.05) is 26.8 Å². The van der Waals surface area contributed by atoms with Gasteiger partial charge in [-0.15, -0.1) is 0 Å². The molecular weight excluding hydrogens is 406 g/mol. The van der Waals surface area contributed by atoms with E-state index in [4.69, 9.17) is 25.8 Å². The van der Waals surface area contributed by atoms with Gasteiger partial charge in [-0.05, 0) is 57.9 Å². The number of hydrogen-bond donors (Lipinski definition) is 1. The highest BCUT2D eigenvalue weighted by atomic mass is 35.5. The van der Waals surface area contributed by atoms with Crippen LogP contribution in [0.2, 0.25) is 5.02 Å². The second-order valence-corrected chi connectivity index (χ2v) is 7.97. The van der Waals surface area contributed by atoms with Gasteiger partial charge in [0, 0.05) is 23.8 Å². The van der Waals surface area contributed by atoms with Crippen LogP contribution in [0.25, 0.3) is 0 Å². The van der Waals surface area contributed by atoms with Crippen molar-refractivity contribution in [3.05, 3.63) is 52.7 Å². The highest BCUT2D eigenvalue weighted by Gasteiger charge is 2.21. The van der Waals surface area contributed by atoms with Gasteiger partial charge < -0.3 is 19.5 Å². The number of aromatic nitrogens is 1. The normalized spacial score (nSPS) is 11.9. The van der Waals surface area contributed by atoms with Crippen LogP contribution >= 0.6 is 11.6 Å². The van der Waals surface area contributed by atoms with Gasteiger partial charge >= 0.3 is 6.09 Å². The molecule has 160 valence electrons. The zero-order valence-electron chi connectivity index (χ0n) is 17.6. The number of carbonyl (C=O) groups is 1. The molecule has 1 N–H and O–H groups in total. The van der Waals surface area contributed by atoms with Crippen LogP contribution in [0.4, 0.5) is 4.79 Å². The van der Waals surface area contributed by atoms with Gasteiger partial charge in [-0.2, -0.15) is 5.26 Å². The number of pyridine rings is 1. The van der Waals surface area contributed by atoms with Crippen LogP contribution < -0.4 is 14.8 Å². The molecule has 0 aliphatic carbocycles. The maximum atomic E-state index is 11.8. The largest absolute Gasteiger partial charge is 0.484 e. The number of rotatable bonds is 8. The summed E-state index contributed by atoms with van der Waals surface area (Å²) in [4.78, 5) is 16.1. The van der Waals surface area contributed by atoms with E-state index in [-0.39, 0.29) is 0 Å². The Morgan fingerprint density at radius 2 is 2.10 bits per heavy atom. The lowest BCUT2D eigenvalue weighted by Gasteiger charge is -2.22.